The number of nitrogens with one attached hydrogen (secondary N) is 1. The van der Waals surface area contributed by atoms with Crippen molar-refractivity contribution in [1.82, 2.24) is 10.2 Å². The zero-order valence-electron chi connectivity index (χ0n) is 11.0. The maximum absolute atomic E-state index is 11.8. The van der Waals surface area contributed by atoms with E-state index < -0.39 is 17.4 Å². The Morgan fingerprint density at radius 2 is 2.11 bits per heavy atom. The van der Waals surface area contributed by atoms with Gasteiger partial charge < -0.3 is 20.4 Å². The number of aliphatic hydroxyl groups excluding tert-OH is 1. The van der Waals surface area contributed by atoms with Crippen molar-refractivity contribution in [1.29, 1.82) is 0 Å². The molecule has 1 unspecified atom stereocenters. The zero-order valence-corrected chi connectivity index (χ0v) is 11.0. The molecule has 0 saturated carbocycles. The number of hydrogen-bond acceptors (Lipinski definition) is 3. The average molecular weight is 258 g/mol. The second kappa shape index (κ2) is 7.71. The number of amides is 2. The van der Waals surface area contributed by atoms with Crippen LogP contribution in [0.4, 0.5) is 4.79 Å². The Kier molecular flexibility index (Phi) is 7.04. The molecule has 0 fully saturated rings. The Hall–Kier alpha value is -1.56. The summed E-state index contributed by atoms with van der Waals surface area (Å²) in [5.74, 6) is -0.942. The molecule has 0 aliphatic heterocycles. The molecule has 3 N–H and O–H groups in total. The summed E-state index contributed by atoms with van der Waals surface area (Å²) in [4.78, 5) is 24.2. The van der Waals surface area contributed by atoms with Gasteiger partial charge in [0.25, 0.3) is 0 Å². The Morgan fingerprint density at radius 3 is 2.50 bits per heavy atom. The van der Waals surface area contributed by atoms with Crippen LogP contribution in [0.5, 0.6) is 0 Å². The van der Waals surface area contributed by atoms with E-state index in [1.165, 1.54) is 4.90 Å². The van der Waals surface area contributed by atoms with Crippen molar-refractivity contribution < 1.29 is 19.8 Å². The number of carbonyl (C=O) groups is 2. The Morgan fingerprint density at radius 1 is 1.50 bits per heavy atom. The van der Waals surface area contributed by atoms with Crippen molar-refractivity contribution in [3.05, 3.63) is 12.7 Å². The number of carboxylic acids is 1. The van der Waals surface area contributed by atoms with E-state index in [2.05, 4.69) is 11.9 Å². The summed E-state index contributed by atoms with van der Waals surface area (Å²) in [6.07, 6.45) is 1.97. The van der Waals surface area contributed by atoms with E-state index in [1.807, 2.05) is 0 Å². The summed E-state index contributed by atoms with van der Waals surface area (Å²) in [5.41, 5.74) is -0.977. The van der Waals surface area contributed by atoms with E-state index in [0.29, 0.717) is 13.0 Å². The predicted molar refractivity (Wildman–Crippen MR) is 68.3 cm³/mol. The lowest BCUT2D eigenvalue weighted by Gasteiger charge is -2.26. The molecular weight excluding hydrogens is 236 g/mol. The molecule has 6 heteroatoms. The Balaban J connectivity index is 4.45. The minimum absolute atomic E-state index is 0.0523. The van der Waals surface area contributed by atoms with Gasteiger partial charge in [0.1, 0.15) is 0 Å². The monoisotopic (exact) mass is 258 g/mol. The molecule has 104 valence electrons. The van der Waals surface area contributed by atoms with Crippen molar-refractivity contribution in [3.63, 3.8) is 0 Å². The second-order valence-corrected chi connectivity index (χ2v) is 4.34. The van der Waals surface area contributed by atoms with Crippen LogP contribution in [0.1, 0.15) is 20.3 Å². The van der Waals surface area contributed by atoms with Crippen LogP contribution < -0.4 is 5.32 Å². The standard InChI is InChI=1S/C12H22N2O4/c1-4-6-14(7-8-15)11(18)13-9-12(3,5-2)10(16)17/h4,15H,1,5-9H2,2-3H3,(H,13,18)(H,16,17). The molecule has 2 amide bonds. The first kappa shape index (κ1) is 16.4. The van der Waals surface area contributed by atoms with Gasteiger partial charge in [0.2, 0.25) is 0 Å². The number of urea groups is 1. The van der Waals surface area contributed by atoms with Gasteiger partial charge in [0, 0.05) is 19.6 Å². The number of aliphatic hydroxyl groups is 1. The quantitative estimate of drug-likeness (QED) is 0.558. The Bertz CT molecular complexity index is 306. The molecule has 0 aromatic rings. The molecule has 1 atom stereocenters. The number of aliphatic carboxylic acids is 1. The highest BCUT2D eigenvalue weighted by molar-refractivity contribution is 5.78. The third-order valence-corrected chi connectivity index (χ3v) is 2.93. The van der Waals surface area contributed by atoms with Gasteiger partial charge in [0.05, 0.1) is 12.0 Å². The summed E-state index contributed by atoms with van der Waals surface area (Å²) >= 11 is 0. The van der Waals surface area contributed by atoms with Gasteiger partial charge in [-0.2, -0.15) is 0 Å². The lowest BCUT2D eigenvalue weighted by Crippen LogP contribution is -2.47. The maximum atomic E-state index is 11.8. The zero-order chi connectivity index (χ0) is 14.2. The summed E-state index contributed by atoms with van der Waals surface area (Å²) in [5, 5.41) is 20.5. The number of carbonyl (C=O) groups excluding carboxylic acids is 1. The first-order valence-corrected chi connectivity index (χ1v) is 5.89. The summed E-state index contributed by atoms with van der Waals surface area (Å²) < 4.78 is 0. The molecule has 0 saturated heterocycles. The molecule has 0 bridgehead atoms. The van der Waals surface area contributed by atoms with E-state index in [9.17, 15) is 9.59 Å². The fourth-order valence-corrected chi connectivity index (χ4v) is 1.29. The van der Waals surface area contributed by atoms with E-state index in [1.54, 1.807) is 19.9 Å². The van der Waals surface area contributed by atoms with Crippen LogP contribution in [-0.4, -0.2) is 53.4 Å². The largest absolute Gasteiger partial charge is 0.481 e. The van der Waals surface area contributed by atoms with Gasteiger partial charge in [-0.05, 0) is 13.3 Å². The van der Waals surface area contributed by atoms with Crippen molar-refractivity contribution >= 4 is 12.0 Å². The summed E-state index contributed by atoms with van der Waals surface area (Å²) in [6, 6.07) is -0.398. The van der Waals surface area contributed by atoms with Crippen LogP contribution in [0.3, 0.4) is 0 Å². The smallest absolute Gasteiger partial charge is 0.317 e. The minimum Gasteiger partial charge on any atom is -0.481 e. The van der Waals surface area contributed by atoms with Crippen LogP contribution in [-0.2, 0) is 4.79 Å². The summed E-state index contributed by atoms with van der Waals surface area (Å²) in [6.45, 7) is 7.26. The molecular formula is C12H22N2O4. The third-order valence-electron chi connectivity index (χ3n) is 2.93. The lowest BCUT2D eigenvalue weighted by atomic mass is 9.88. The topological polar surface area (TPSA) is 89.9 Å². The molecule has 0 aliphatic rings. The maximum Gasteiger partial charge on any atom is 0.317 e. The van der Waals surface area contributed by atoms with Gasteiger partial charge in [-0.25, -0.2) is 4.79 Å². The van der Waals surface area contributed by atoms with Crippen LogP contribution in [0.25, 0.3) is 0 Å². The van der Waals surface area contributed by atoms with Crippen LogP contribution in [0.2, 0.25) is 0 Å². The minimum atomic E-state index is -0.977. The highest BCUT2D eigenvalue weighted by atomic mass is 16.4. The van der Waals surface area contributed by atoms with Crippen LogP contribution in [0.15, 0.2) is 12.7 Å². The molecule has 6 nitrogen and oxygen atoms in total. The van der Waals surface area contributed by atoms with E-state index in [4.69, 9.17) is 10.2 Å². The number of hydrogen-bond donors (Lipinski definition) is 3. The Labute approximate surface area is 107 Å². The van der Waals surface area contributed by atoms with E-state index in [0.717, 1.165) is 0 Å². The van der Waals surface area contributed by atoms with Crippen molar-refractivity contribution in [2.24, 2.45) is 5.41 Å². The van der Waals surface area contributed by atoms with Gasteiger partial charge in [-0.15, -0.1) is 6.58 Å². The van der Waals surface area contributed by atoms with Gasteiger partial charge >= 0.3 is 12.0 Å². The fourth-order valence-electron chi connectivity index (χ4n) is 1.29. The molecule has 18 heavy (non-hydrogen) atoms. The molecule has 0 aromatic carbocycles. The van der Waals surface area contributed by atoms with Crippen LogP contribution >= 0.6 is 0 Å². The molecule has 0 aliphatic carbocycles. The van der Waals surface area contributed by atoms with Crippen LogP contribution in [0, 0.1) is 5.41 Å². The highest BCUT2D eigenvalue weighted by Gasteiger charge is 2.31. The average Bonchev–Trinajstić information content (AvgIpc) is 2.35. The number of rotatable bonds is 8. The summed E-state index contributed by atoms with van der Waals surface area (Å²) in [7, 11) is 0. The normalized spacial score (nSPS) is 13.5. The fraction of sp³-hybridized carbons (Fsp3) is 0.667. The molecule has 0 heterocycles. The molecule has 0 rings (SSSR count). The second-order valence-electron chi connectivity index (χ2n) is 4.34. The number of carboxylic acid groups (broad SMARTS) is 1. The first-order valence-electron chi connectivity index (χ1n) is 5.89. The molecule has 0 spiro atoms. The number of nitrogens with zero attached hydrogens (tertiary/aromatic N) is 1. The predicted octanol–water partition coefficient (Wildman–Crippen LogP) is 0.677. The van der Waals surface area contributed by atoms with E-state index >= 15 is 0 Å². The lowest BCUT2D eigenvalue weighted by molar-refractivity contribution is -0.147. The highest BCUT2D eigenvalue weighted by Crippen LogP contribution is 2.19. The SMILES string of the molecule is C=CCN(CCO)C(=O)NCC(C)(CC)C(=O)O. The molecule has 0 aromatic heterocycles. The van der Waals surface area contributed by atoms with Gasteiger partial charge in [-0.3, -0.25) is 4.79 Å². The van der Waals surface area contributed by atoms with Crippen molar-refractivity contribution in [2.75, 3.05) is 26.2 Å². The third kappa shape index (κ3) is 4.75. The van der Waals surface area contributed by atoms with Crippen molar-refractivity contribution in [3.8, 4) is 0 Å². The first-order chi connectivity index (χ1) is 8.41. The molecule has 0 radical (unpaired) electrons. The van der Waals surface area contributed by atoms with E-state index in [-0.39, 0.29) is 19.7 Å². The van der Waals surface area contributed by atoms with Gasteiger partial charge in [-0.1, -0.05) is 13.0 Å². The van der Waals surface area contributed by atoms with Gasteiger partial charge in [0.15, 0.2) is 0 Å². The van der Waals surface area contributed by atoms with Crippen molar-refractivity contribution in [2.45, 2.75) is 20.3 Å².